The number of nitrogens with two attached hydrogens (primary N) is 1. The summed E-state index contributed by atoms with van der Waals surface area (Å²) in [4.78, 5) is 10.2. The van der Waals surface area contributed by atoms with Gasteiger partial charge in [-0.25, -0.2) is 8.78 Å². The molecule has 6 heteroatoms. The van der Waals surface area contributed by atoms with E-state index in [9.17, 15) is 8.78 Å². The van der Waals surface area contributed by atoms with E-state index < -0.39 is 11.8 Å². The number of benzene rings is 1. The summed E-state index contributed by atoms with van der Waals surface area (Å²) >= 11 is 0. The van der Waals surface area contributed by atoms with Gasteiger partial charge in [-0.2, -0.15) is 0 Å². The van der Waals surface area contributed by atoms with Gasteiger partial charge in [-0.1, -0.05) is 90.1 Å². The van der Waals surface area contributed by atoms with Gasteiger partial charge < -0.3 is 20.7 Å². The summed E-state index contributed by atoms with van der Waals surface area (Å²) in [5.41, 5.74) is 11.2. The third-order valence-corrected chi connectivity index (χ3v) is 6.94. The molecular formula is C34H55F2N3O. The lowest BCUT2D eigenvalue weighted by Gasteiger charge is -2.56. The first-order valence-corrected chi connectivity index (χ1v) is 14.2. The maximum Gasteiger partial charge on any atom is 0.251 e. The summed E-state index contributed by atoms with van der Waals surface area (Å²) in [5.74, 6) is -2.97. The van der Waals surface area contributed by atoms with E-state index in [1.54, 1.807) is 25.3 Å². The lowest BCUT2D eigenvalue weighted by molar-refractivity contribution is -0.0980. The Balaban J connectivity index is 0. The predicted octanol–water partition coefficient (Wildman–Crippen LogP) is 8.85. The van der Waals surface area contributed by atoms with E-state index in [0.717, 1.165) is 20.0 Å². The molecule has 1 saturated carbocycles. The third kappa shape index (κ3) is 13.3. The Labute approximate surface area is 243 Å². The smallest absolute Gasteiger partial charge is 0.251 e. The SMILES string of the molecule is C=C(/C=C(\N)N1CC2(CCC2)C1)N/C=C\C=C(/C(=C)C)C(C)C(C)(F)F.C=O.CC.CC.Cc1ccccc1C. The minimum atomic E-state index is -2.79. The van der Waals surface area contributed by atoms with E-state index in [1.165, 1.54) is 37.3 Å². The van der Waals surface area contributed by atoms with Crippen molar-refractivity contribution in [2.75, 3.05) is 13.1 Å². The molecule has 4 nitrogen and oxygen atoms in total. The number of likely N-dealkylation sites (tertiary alicyclic amines) is 1. The van der Waals surface area contributed by atoms with Crippen LogP contribution in [-0.2, 0) is 4.79 Å². The van der Waals surface area contributed by atoms with E-state index in [2.05, 4.69) is 61.5 Å². The van der Waals surface area contributed by atoms with Crippen molar-refractivity contribution in [2.45, 2.75) is 87.5 Å². The number of aryl methyl sites for hydroxylation is 2. The van der Waals surface area contributed by atoms with Gasteiger partial charge in [0.1, 0.15) is 12.6 Å². The van der Waals surface area contributed by atoms with Gasteiger partial charge in [-0.15, -0.1) is 0 Å². The molecule has 0 aromatic heterocycles. The number of carbonyl (C=O) groups excluding carboxylic acids is 1. The largest absolute Gasteiger partial charge is 0.385 e. The average Bonchev–Trinajstić information content (AvgIpc) is 2.87. The Hall–Kier alpha value is -3.15. The maximum absolute atomic E-state index is 13.5. The quantitative estimate of drug-likeness (QED) is 0.312. The molecule has 1 aliphatic heterocycles. The minimum Gasteiger partial charge on any atom is -0.385 e. The molecule has 1 saturated heterocycles. The molecule has 1 spiro atoms. The molecule has 1 aromatic carbocycles. The lowest BCUT2D eigenvalue weighted by atomic mass is 9.63. The van der Waals surface area contributed by atoms with Crippen LogP contribution in [0.15, 0.2) is 84.5 Å². The highest BCUT2D eigenvalue weighted by Gasteiger charge is 2.47. The van der Waals surface area contributed by atoms with E-state index in [4.69, 9.17) is 10.5 Å². The van der Waals surface area contributed by atoms with Crippen LogP contribution in [0.4, 0.5) is 8.78 Å². The Morgan fingerprint density at radius 3 is 1.90 bits per heavy atom. The van der Waals surface area contributed by atoms with Gasteiger partial charge in [0.05, 0.1) is 0 Å². The summed E-state index contributed by atoms with van der Waals surface area (Å²) in [5, 5.41) is 3.02. The van der Waals surface area contributed by atoms with Crippen molar-refractivity contribution in [2.24, 2.45) is 17.1 Å². The molecule has 1 atom stereocenters. The molecular weight excluding hydrogens is 504 g/mol. The molecule has 3 N–H and O–H groups in total. The zero-order valence-electron chi connectivity index (χ0n) is 26.5. The van der Waals surface area contributed by atoms with Gasteiger partial charge in [-0.05, 0) is 63.3 Å². The van der Waals surface area contributed by atoms with Gasteiger partial charge in [0.25, 0.3) is 5.92 Å². The summed E-state index contributed by atoms with van der Waals surface area (Å²) in [6, 6.07) is 8.36. The van der Waals surface area contributed by atoms with Crippen LogP contribution in [0, 0.1) is 25.2 Å². The van der Waals surface area contributed by atoms with E-state index in [-0.39, 0.29) is 0 Å². The number of allylic oxidation sites excluding steroid dienone is 5. The van der Waals surface area contributed by atoms with Crippen LogP contribution in [0.3, 0.4) is 0 Å². The van der Waals surface area contributed by atoms with Gasteiger partial charge in [0.2, 0.25) is 0 Å². The van der Waals surface area contributed by atoms with E-state index in [1.807, 2.05) is 40.6 Å². The third-order valence-electron chi connectivity index (χ3n) is 6.94. The Bertz CT molecular complexity index is 956. The molecule has 1 aromatic rings. The Morgan fingerprint density at radius 2 is 1.55 bits per heavy atom. The standard InChI is InChI=1S/C21H31F2N3.C8H10.2C2H6.CH2O/c1-15(2)18(17(4)20(5,22)23)8-6-11-25-16(3)12-19(24)26-13-21(14-26)9-7-10-21;1-7-5-3-4-6-8(7)2;3*1-2/h6,8,11-12,17,25H,1,3,7,9-10,13-14,24H2,2,4-5H3;3-6H,1-2H3;2*1-2H3;1H2/b11-6-,18-8+,19-12+;;;;. The molecule has 1 aliphatic carbocycles. The fourth-order valence-corrected chi connectivity index (χ4v) is 4.15. The summed E-state index contributed by atoms with van der Waals surface area (Å²) in [6.45, 7) is 28.2. The monoisotopic (exact) mass is 559 g/mol. The van der Waals surface area contributed by atoms with Gasteiger partial charge in [0.15, 0.2) is 0 Å². The second-order valence-corrected chi connectivity index (χ2v) is 9.97. The molecule has 0 amide bonds. The number of rotatable bonds is 8. The predicted molar refractivity (Wildman–Crippen MR) is 170 cm³/mol. The highest BCUT2D eigenvalue weighted by Crippen LogP contribution is 2.48. The van der Waals surface area contributed by atoms with Crippen LogP contribution in [-0.4, -0.2) is 30.7 Å². The first kappa shape index (κ1) is 39.0. The van der Waals surface area contributed by atoms with Crippen LogP contribution in [0.1, 0.15) is 78.9 Å². The maximum atomic E-state index is 13.5. The molecule has 2 fully saturated rings. The highest BCUT2D eigenvalue weighted by molar-refractivity contribution is 5.33. The van der Waals surface area contributed by atoms with Crippen molar-refractivity contribution < 1.29 is 13.6 Å². The van der Waals surface area contributed by atoms with Crippen molar-refractivity contribution in [1.82, 2.24) is 10.2 Å². The van der Waals surface area contributed by atoms with Gasteiger partial charge in [-0.3, -0.25) is 0 Å². The normalized spacial score (nSPS) is 16.1. The molecule has 0 radical (unpaired) electrons. The summed E-state index contributed by atoms with van der Waals surface area (Å²) < 4.78 is 27.1. The van der Waals surface area contributed by atoms with E-state index in [0.29, 0.717) is 28.1 Å². The number of nitrogens with one attached hydrogen (secondary N) is 1. The zero-order chi connectivity index (χ0) is 31.5. The van der Waals surface area contributed by atoms with Crippen LogP contribution >= 0.6 is 0 Å². The number of hydrogen-bond donors (Lipinski definition) is 2. The molecule has 226 valence electrons. The van der Waals surface area contributed by atoms with Crippen molar-refractivity contribution in [3.8, 4) is 0 Å². The van der Waals surface area contributed by atoms with Crippen molar-refractivity contribution in [3.05, 3.63) is 95.6 Å². The lowest BCUT2D eigenvalue weighted by Crippen LogP contribution is -2.59. The summed E-state index contributed by atoms with van der Waals surface area (Å²) in [6.07, 6.45) is 10.8. The molecule has 40 heavy (non-hydrogen) atoms. The second-order valence-electron chi connectivity index (χ2n) is 9.97. The fourth-order valence-electron chi connectivity index (χ4n) is 4.15. The van der Waals surface area contributed by atoms with Crippen LogP contribution in [0.5, 0.6) is 0 Å². The van der Waals surface area contributed by atoms with Crippen molar-refractivity contribution in [3.63, 3.8) is 0 Å². The first-order chi connectivity index (χ1) is 18.8. The number of halogens is 2. The van der Waals surface area contributed by atoms with Crippen LogP contribution in [0.25, 0.3) is 0 Å². The molecule has 2 aliphatic rings. The first-order valence-electron chi connectivity index (χ1n) is 14.2. The Kier molecular flexibility index (Phi) is 19.3. The highest BCUT2D eigenvalue weighted by atomic mass is 19.3. The Morgan fingerprint density at radius 1 is 1.07 bits per heavy atom. The van der Waals surface area contributed by atoms with E-state index >= 15 is 0 Å². The molecule has 1 heterocycles. The minimum absolute atomic E-state index is 0.523. The van der Waals surface area contributed by atoms with Crippen molar-refractivity contribution in [1.29, 1.82) is 0 Å². The molecule has 0 bridgehead atoms. The average molecular weight is 560 g/mol. The molecule has 1 unspecified atom stereocenters. The number of nitrogens with zero attached hydrogens (tertiary/aromatic N) is 1. The summed E-state index contributed by atoms with van der Waals surface area (Å²) in [7, 11) is 0. The van der Waals surface area contributed by atoms with Crippen molar-refractivity contribution >= 4 is 6.79 Å². The number of carbonyl (C=O) groups is 1. The number of hydrogen-bond acceptors (Lipinski definition) is 4. The number of alkyl halides is 2. The zero-order valence-corrected chi connectivity index (χ0v) is 26.5. The topological polar surface area (TPSA) is 58.4 Å². The van der Waals surface area contributed by atoms with Crippen LogP contribution in [0.2, 0.25) is 0 Å². The fraction of sp³-hybridized carbons (Fsp3) is 0.500. The van der Waals surface area contributed by atoms with Crippen LogP contribution < -0.4 is 11.1 Å². The molecule has 3 rings (SSSR count). The van der Waals surface area contributed by atoms with Gasteiger partial charge in [0, 0.05) is 42.4 Å². The second kappa shape index (κ2) is 19.8. The van der Waals surface area contributed by atoms with Gasteiger partial charge >= 0.3 is 0 Å².